The SMILES string of the molecule is O=C(/C=C/c1ccc(O[C@@H]2O[C@H](CO)[C@H](O[C@H]3OC[C@H](O)[C@H](O)[C@H]3O)[C@H](O)[C@H]2O)c(O)c1)c1ccccc1. The summed E-state index contributed by atoms with van der Waals surface area (Å²) in [6.45, 7) is -1.04. The average Bonchev–Trinajstić information content (AvgIpc) is 2.93. The maximum Gasteiger partial charge on any atom is 0.229 e. The molecule has 0 radical (unpaired) electrons. The number of aliphatic hydroxyl groups excluding tert-OH is 6. The van der Waals surface area contributed by atoms with Gasteiger partial charge in [0.25, 0.3) is 0 Å². The molecule has 0 amide bonds. The van der Waals surface area contributed by atoms with E-state index in [-0.39, 0.29) is 23.9 Å². The van der Waals surface area contributed by atoms with E-state index in [4.69, 9.17) is 18.9 Å². The zero-order chi connectivity index (χ0) is 27.4. The predicted octanol–water partition coefficient (Wildman–Crippen LogP) is -1.07. The van der Waals surface area contributed by atoms with Gasteiger partial charge in [0.2, 0.25) is 6.29 Å². The van der Waals surface area contributed by atoms with Gasteiger partial charge in [-0.3, -0.25) is 4.79 Å². The van der Waals surface area contributed by atoms with Gasteiger partial charge in [0.05, 0.1) is 13.2 Å². The lowest BCUT2D eigenvalue weighted by molar-refractivity contribution is -0.339. The quantitative estimate of drug-likeness (QED) is 0.160. The van der Waals surface area contributed by atoms with Gasteiger partial charge in [-0.15, -0.1) is 0 Å². The molecular weight excluding hydrogens is 504 g/mol. The number of phenols is 1. The van der Waals surface area contributed by atoms with Crippen LogP contribution in [0, 0.1) is 0 Å². The summed E-state index contributed by atoms with van der Waals surface area (Å²) in [5.74, 6) is -0.663. The van der Waals surface area contributed by atoms with Crippen LogP contribution in [0.5, 0.6) is 11.5 Å². The molecule has 4 rings (SSSR count). The van der Waals surface area contributed by atoms with Crippen LogP contribution < -0.4 is 4.74 Å². The monoisotopic (exact) mass is 534 g/mol. The second-order valence-corrected chi connectivity index (χ2v) is 8.97. The minimum Gasteiger partial charge on any atom is -0.504 e. The number of carbonyl (C=O) groups is 1. The van der Waals surface area contributed by atoms with Gasteiger partial charge in [0.15, 0.2) is 23.6 Å². The molecular formula is C26H30O12. The normalized spacial score (nSPS) is 33.8. The van der Waals surface area contributed by atoms with Crippen molar-refractivity contribution in [3.05, 3.63) is 65.7 Å². The molecule has 9 atom stereocenters. The number of hydrogen-bond acceptors (Lipinski definition) is 12. The van der Waals surface area contributed by atoms with E-state index >= 15 is 0 Å². The zero-order valence-electron chi connectivity index (χ0n) is 20.1. The number of carbonyl (C=O) groups excluding carboxylic acids is 1. The van der Waals surface area contributed by atoms with Gasteiger partial charge in [0, 0.05) is 5.56 Å². The minimum absolute atomic E-state index is 0.105. The number of benzene rings is 2. The van der Waals surface area contributed by atoms with Gasteiger partial charge >= 0.3 is 0 Å². The maximum absolute atomic E-state index is 12.2. The van der Waals surface area contributed by atoms with Crippen molar-refractivity contribution in [2.75, 3.05) is 13.2 Å². The lowest BCUT2D eigenvalue weighted by Crippen LogP contribution is -2.63. The van der Waals surface area contributed by atoms with E-state index in [2.05, 4.69) is 0 Å². The summed E-state index contributed by atoms with van der Waals surface area (Å²) < 4.78 is 21.7. The molecule has 2 aliphatic rings. The number of allylic oxidation sites excluding steroid dienone is 1. The smallest absolute Gasteiger partial charge is 0.229 e. The molecule has 206 valence electrons. The Bertz CT molecular complexity index is 1110. The van der Waals surface area contributed by atoms with Gasteiger partial charge in [0.1, 0.15) is 42.7 Å². The lowest BCUT2D eigenvalue weighted by atomic mass is 9.98. The van der Waals surface area contributed by atoms with E-state index in [1.165, 1.54) is 24.3 Å². The largest absolute Gasteiger partial charge is 0.504 e. The molecule has 12 nitrogen and oxygen atoms in total. The van der Waals surface area contributed by atoms with Crippen molar-refractivity contribution in [2.45, 2.75) is 55.3 Å². The Labute approximate surface area is 217 Å². The number of ether oxygens (including phenoxy) is 4. The van der Waals surface area contributed by atoms with Crippen molar-refractivity contribution in [1.29, 1.82) is 0 Å². The van der Waals surface area contributed by atoms with Gasteiger partial charge in [-0.25, -0.2) is 0 Å². The molecule has 2 aromatic rings. The fourth-order valence-electron chi connectivity index (χ4n) is 4.11. The summed E-state index contributed by atoms with van der Waals surface area (Å²) in [5.41, 5.74) is 0.998. The van der Waals surface area contributed by atoms with Crippen molar-refractivity contribution in [3.8, 4) is 11.5 Å². The molecule has 0 saturated carbocycles. The summed E-state index contributed by atoms with van der Waals surface area (Å²) in [4.78, 5) is 12.2. The maximum atomic E-state index is 12.2. The van der Waals surface area contributed by atoms with Crippen LogP contribution >= 0.6 is 0 Å². The van der Waals surface area contributed by atoms with E-state index in [9.17, 15) is 40.5 Å². The Kier molecular flexibility index (Phi) is 9.10. The average molecular weight is 535 g/mol. The highest BCUT2D eigenvalue weighted by Crippen LogP contribution is 2.33. The summed E-state index contributed by atoms with van der Waals surface area (Å²) in [7, 11) is 0. The van der Waals surface area contributed by atoms with Gasteiger partial charge in [-0.2, -0.15) is 0 Å². The van der Waals surface area contributed by atoms with E-state index < -0.39 is 61.9 Å². The standard InChI is InChI=1S/C26H30O12/c27-11-19-24(38-25-22(33)20(31)17(30)12-35-25)21(32)23(34)26(37-19)36-18-9-7-13(10-16(18)29)6-8-15(28)14-4-2-1-3-5-14/h1-10,17,19-27,29-34H,11-12H2/b8-6+/t17-,19+,20-,21+,22+,23+,24-,25+,26+/m0/s1. The molecule has 2 fully saturated rings. The Hall–Kier alpha value is -2.91. The van der Waals surface area contributed by atoms with E-state index in [0.717, 1.165) is 0 Å². The number of aliphatic hydroxyl groups is 6. The Morgan fingerprint density at radius 1 is 0.947 bits per heavy atom. The summed E-state index contributed by atoms with van der Waals surface area (Å²) in [6, 6.07) is 12.9. The van der Waals surface area contributed by atoms with E-state index in [1.54, 1.807) is 36.4 Å². The van der Waals surface area contributed by atoms with Crippen molar-refractivity contribution in [3.63, 3.8) is 0 Å². The topological polar surface area (TPSA) is 196 Å². The highest BCUT2D eigenvalue weighted by Gasteiger charge is 2.49. The summed E-state index contributed by atoms with van der Waals surface area (Å²) in [6.07, 6.45) is -10.8. The summed E-state index contributed by atoms with van der Waals surface area (Å²) >= 11 is 0. The number of phenolic OH excluding ortho intramolecular Hbond substituents is 1. The van der Waals surface area contributed by atoms with Crippen molar-refractivity contribution in [1.82, 2.24) is 0 Å². The van der Waals surface area contributed by atoms with Crippen LogP contribution in [0.15, 0.2) is 54.6 Å². The zero-order valence-corrected chi connectivity index (χ0v) is 20.1. The Morgan fingerprint density at radius 2 is 1.66 bits per heavy atom. The van der Waals surface area contributed by atoms with Crippen LogP contribution in [0.25, 0.3) is 6.08 Å². The first-order valence-electron chi connectivity index (χ1n) is 11.9. The van der Waals surface area contributed by atoms with Crippen molar-refractivity contribution < 1.29 is 59.5 Å². The third-order valence-corrected chi connectivity index (χ3v) is 6.28. The number of rotatable bonds is 8. The first kappa shape index (κ1) is 28.1. The molecule has 0 aliphatic carbocycles. The second-order valence-electron chi connectivity index (χ2n) is 8.97. The Balaban J connectivity index is 1.40. The summed E-state index contributed by atoms with van der Waals surface area (Å²) in [5, 5.41) is 70.9. The molecule has 12 heteroatoms. The van der Waals surface area contributed by atoms with Crippen LogP contribution in [0.3, 0.4) is 0 Å². The van der Waals surface area contributed by atoms with E-state index in [0.29, 0.717) is 11.1 Å². The first-order valence-corrected chi connectivity index (χ1v) is 11.9. The van der Waals surface area contributed by atoms with Crippen LogP contribution in [-0.2, 0) is 14.2 Å². The predicted molar refractivity (Wildman–Crippen MR) is 129 cm³/mol. The van der Waals surface area contributed by atoms with Gasteiger partial charge in [-0.1, -0.05) is 42.5 Å². The lowest BCUT2D eigenvalue weighted by Gasteiger charge is -2.44. The third kappa shape index (κ3) is 6.21. The molecule has 2 aliphatic heterocycles. The number of aromatic hydroxyl groups is 1. The molecule has 0 aromatic heterocycles. The molecule has 0 spiro atoms. The third-order valence-electron chi connectivity index (χ3n) is 6.28. The molecule has 0 bridgehead atoms. The number of ketones is 1. The van der Waals surface area contributed by atoms with Crippen LogP contribution in [0.1, 0.15) is 15.9 Å². The Morgan fingerprint density at radius 3 is 2.34 bits per heavy atom. The highest BCUT2D eigenvalue weighted by atomic mass is 16.7. The molecule has 2 aromatic carbocycles. The van der Waals surface area contributed by atoms with Crippen LogP contribution in [-0.4, -0.2) is 110 Å². The van der Waals surface area contributed by atoms with Gasteiger partial charge in [-0.05, 0) is 23.8 Å². The minimum atomic E-state index is -1.72. The molecule has 7 N–H and O–H groups in total. The van der Waals surface area contributed by atoms with Crippen molar-refractivity contribution in [2.24, 2.45) is 0 Å². The van der Waals surface area contributed by atoms with Crippen molar-refractivity contribution >= 4 is 11.9 Å². The molecule has 38 heavy (non-hydrogen) atoms. The molecule has 2 saturated heterocycles. The fraction of sp³-hybridized carbons (Fsp3) is 0.423. The van der Waals surface area contributed by atoms with Crippen LogP contribution in [0.2, 0.25) is 0 Å². The molecule has 2 heterocycles. The fourth-order valence-corrected chi connectivity index (χ4v) is 4.11. The highest BCUT2D eigenvalue weighted by molar-refractivity contribution is 6.06. The van der Waals surface area contributed by atoms with E-state index in [1.807, 2.05) is 0 Å². The van der Waals surface area contributed by atoms with Gasteiger partial charge < -0.3 is 54.7 Å². The first-order chi connectivity index (χ1) is 18.2. The number of hydrogen-bond donors (Lipinski definition) is 7. The van der Waals surface area contributed by atoms with Crippen LogP contribution in [0.4, 0.5) is 0 Å². The second kappa shape index (κ2) is 12.3. The molecule has 0 unspecified atom stereocenters.